The summed E-state index contributed by atoms with van der Waals surface area (Å²) in [5, 5.41) is 10.4. The van der Waals surface area contributed by atoms with Crippen LogP contribution in [-0.2, 0) is 4.79 Å². The Morgan fingerprint density at radius 1 is 1.11 bits per heavy atom. The number of methoxy groups -OCH3 is 2. The first-order valence-electron chi connectivity index (χ1n) is 9.09. The van der Waals surface area contributed by atoms with Gasteiger partial charge in [-0.25, -0.2) is 0 Å². The standard InChI is InChI=1S/C21H23Cl2NO4/c1-27-17-4-3-5-18(28-2)19(17)20(15-7-6-14(22)12-16(15)23)24-10-8-13(9-11-24)21(25)26/h3-7,12-13,20H,8-11H2,1-2H3,(H,25,26). The largest absolute Gasteiger partial charge is 0.496 e. The first kappa shape index (κ1) is 20.8. The van der Waals surface area contributed by atoms with Gasteiger partial charge >= 0.3 is 5.97 Å². The molecule has 28 heavy (non-hydrogen) atoms. The van der Waals surface area contributed by atoms with Crippen molar-refractivity contribution in [1.82, 2.24) is 4.90 Å². The van der Waals surface area contributed by atoms with Crippen LogP contribution in [0.25, 0.3) is 0 Å². The van der Waals surface area contributed by atoms with Crippen molar-refractivity contribution in [3.8, 4) is 11.5 Å². The molecule has 1 N–H and O–H groups in total. The third-order valence-corrected chi connectivity index (χ3v) is 5.80. The summed E-state index contributed by atoms with van der Waals surface area (Å²) in [5.41, 5.74) is 1.74. The number of piperidine rings is 1. The second-order valence-corrected chi connectivity index (χ2v) is 7.64. The molecule has 1 atom stereocenters. The molecule has 2 aromatic rings. The van der Waals surface area contributed by atoms with Gasteiger partial charge in [-0.2, -0.15) is 0 Å². The molecule has 0 saturated carbocycles. The predicted molar refractivity (Wildman–Crippen MR) is 110 cm³/mol. The number of benzene rings is 2. The fourth-order valence-electron chi connectivity index (χ4n) is 3.81. The lowest BCUT2D eigenvalue weighted by Gasteiger charge is -2.38. The highest BCUT2D eigenvalue weighted by Gasteiger charge is 2.34. The molecule has 0 aliphatic carbocycles. The maximum absolute atomic E-state index is 11.4. The van der Waals surface area contributed by atoms with E-state index in [0.717, 1.165) is 11.1 Å². The van der Waals surface area contributed by atoms with E-state index in [-0.39, 0.29) is 12.0 Å². The summed E-state index contributed by atoms with van der Waals surface area (Å²) in [6.45, 7) is 1.25. The Kier molecular flexibility index (Phi) is 6.70. The Bertz CT molecular complexity index is 828. The van der Waals surface area contributed by atoms with Gasteiger partial charge in [0.2, 0.25) is 0 Å². The maximum Gasteiger partial charge on any atom is 0.306 e. The summed E-state index contributed by atoms with van der Waals surface area (Å²) in [6.07, 6.45) is 1.16. The molecule has 0 radical (unpaired) electrons. The number of nitrogens with zero attached hydrogens (tertiary/aromatic N) is 1. The number of likely N-dealkylation sites (tertiary alicyclic amines) is 1. The monoisotopic (exact) mass is 423 g/mol. The number of aliphatic carboxylic acids is 1. The van der Waals surface area contributed by atoms with Crippen LogP contribution >= 0.6 is 23.2 Å². The number of carboxylic acids is 1. The van der Waals surface area contributed by atoms with Crippen molar-refractivity contribution < 1.29 is 19.4 Å². The van der Waals surface area contributed by atoms with Gasteiger partial charge in [0.05, 0.1) is 31.7 Å². The summed E-state index contributed by atoms with van der Waals surface area (Å²) in [6, 6.07) is 10.8. The fourth-order valence-corrected chi connectivity index (χ4v) is 4.32. The minimum absolute atomic E-state index is 0.245. The van der Waals surface area contributed by atoms with Crippen molar-refractivity contribution in [2.75, 3.05) is 27.3 Å². The molecule has 1 aliphatic rings. The molecule has 150 valence electrons. The van der Waals surface area contributed by atoms with Crippen LogP contribution in [0, 0.1) is 5.92 Å². The second kappa shape index (κ2) is 9.03. The van der Waals surface area contributed by atoms with Crippen LogP contribution in [0.4, 0.5) is 0 Å². The molecule has 1 fully saturated rings. The predicted octanol–water partition coefficient (Wildman–Crippen LogP) is 4.90. The van der Waals surface area contributed by atoms with E-state index in [1.165, 1.54) is 0 Å². The number of carboxylic acid groups (broad SMARTS) is 1. The highest BCUT2D eigenvalue weighted by Crippen LogP contribution is 2.44. The fraction of sp³-hybridized carbons (Fsp3) is 0.381. The van der Waals surface area contributed by atoms with Gasteiger partial charge < -0.3 is 14.6 Å². The van der Waals surface area contributed by atoms with E-state index >= 15 is 0 Å². The van der Waals surface area contributed by atoms with Gasteiger partial charge in [-0.05, 0) is 55.8 Å². The van der Waals surface area contributed by atoms with Gasteiger partial charge in [-0.3, -0.25) is 9.69 Å². The molecular weight excluding hydrogens is 401 g/mol. The minimum Gasteiger partial charge on any atom is -0.496 e. The SMILES string of the molecule is COc1cccc(OC)c1C(c1ccc(Cl)cc1Cl)N1CCC(C(=O)O)CC1. The summed E-state index contributed by atoms with van der Waals surface area (Å²) < 4.78 is 11.3. The van der Waals surface area contributed by atoms with Crippen LogP contribution in [-0.4, -0.2) is 43.3 Å². The van der Waals surface area contributed by atoms with Crippen LogP contribution in [0.3, 0.4) is 0 Å². The van der Waals surface area contributed by atoms with E-state index in [1.807, 2.05) is 30.3 Å². The average molecular weight is 424 g/mol. The van der Waals surface area contributed by atoms with Gasteiger partial charge in [0, 0.05) is 10.0 Å². The molecule has 1 aliphatic heterocycles. The summed E-state index contributed by atoms with van der Waals surface area (Å²) >= 11 is 12.7. The van der Waals surface area contributed by atoms with Crippen molar-refractivity contribution in [2.24, 2.45) is 5.92 Å². The lowest BCUT2D eigenvalue weighted by atomic mass is 9.90. The highest BCUT2D eigenvalue weighted by atomic mass is 35.5. The van der Waals surface area contributed by atoms with Gasteiger partial charge in [0.15, 0.2) is 0 Å². The van der Waals surface area contributed by atoms with Gasteiger partial charge in [-0.1, -0.05) is 35.3 Å². The third kappa shape index (κ3) is 4.22. The smallest absolute Gasteiger partial charge is 0.306 e. The molecule has 2 aromatic carbocycles. The number of hydrogen-bond donors (Lipinski definition) is 1. The summed E-state index contributed by atoms with van der Waals surface area (Å²) in [4.78, 5) is 13.6. The van der Waals surface area contributed by atoms with Gasteiger partial charge in [0.25, 0.3) is 0 Å². The number of halogens is 2. The summed E-state index contributed by atoms with van der Waals surface area (Å²) in [5.74, 6) is 0.319. The lowest BCUT2D eigenvalue weighted by molar-refractivity contribution is -0.143. The topological polar surface area (TPSA) is 59.0 Å². The van der Waals surface area contributed by atoms with Gasteiger partial charge in [0.1, 0.15) is 11.5 Å². The van der Waals surface area contributed by atoms with Crippen molar-refractivity contribution >= 4 is 29.2 Å². The molecule has 1 saturated heterocycles. The van der Waals surface area contributed by atoms with E-state index in [2.05, 4.69) is 4.90 Å². The van der Waals surface area contributed by atoms with Crippen molar-refractivity contribution in [3.63, 3.8) is 0 Å². The highest BCUT2D eigenvalue weighted by molar-refractivity contribution is 6.35. The Hall–Kier alpha value is -1.95. The van der Waals surface area contributed by atoms with E-state index < -0.39 is 5.97 Å². The first-order valence-corrected chi connectivity index (χ1v) is 9.84. The molecule has 7 heteroatoms. The van der Waals surface area contributed by atoms with Crippen LogP contribution in [0.2, 0.25) is 10.0 Å². The molecule has 0 bridgehead atoms. The zero-order valence-electron chi connectivity index (χ0n) is 15.8. The quantitative estimate of drug-likeness (QED) is 0.715. The van der Waals surface area contributed by atoms with E-state index in [4.69, 9.17) is 32.7 Å². The van der Waals surface area contributed by atoms with Crippen LogP contribution in [0.5, 0.6) is 11.5 Å². The number of carbonyl (C=O) groups is 1. The van der Waals surface area contributed by atoms with Crippen molar-refractivity contribution in [1.29, 1.82) is 0 Å². The van der Waals surface area contributed by atoms with E-state index in [9.17, 15) is 9.90 Å². The first-order chi connectivity index (χ1) is 13.5. The Balaban J connectivity index is 2.10. The Labute approximate surface area is 174 Å². The lowest BCUT2D eigenvalue weighted by Crippen LogP contribution is -2.39. The molecule has 5 nitrogen and oxygen atoms in total. The minimum atomic E-state index is -0.740. The van der Waals surface area contributed by atoms with Crippen molar-refractivity contribution in [3.05, 3.63) is 57.6 Å². The number of rotatable bonds is 6. The van der Waals surface area contributed by atoms with Gasteiger partial charge in [-0.15, -0.1) is 0 Å². The van der Waals surface area contributed by atoms with Crippen LogP contribution in [0.1, 0.15) is 30.0 Å². The molecule has 3 rings (SSSR count). The molecule has 0 spiro atoms. The number of ether oxygens (including phenoxy) is 2. The maximum atomic E-state index is 11.4. The molecule has 1 heterocycles. The van der Waals surface area contributed by atoms with E-state index in [1.54, 1.807) is 20.3 Å². The Morgan fingerprint density at radius 2 is 1.71 bits per heavy atom. The molecule has 0 amide bonds. The molecule has 1 unspecified atom stereocenters. The normalized spacial score (nSPS) is 16.6. The number of hydrogen-bond acceptors (Lipinski definition) is 4. The molecule has 0 aromatic heterocycles. The third-order valence-electron chi connectivity index (χ3n) is 5.24. The van der Waals surface area contributed by atoms with Crippen molar-refractivity contribution in [2.45, 2.75) is 18.9 Å². The van der Waals surface area contributed by atoms with E-state index in [0.29, 0.717) is 47.5 Å². The second-order valence-electron chi connectivity index (χ2n) is 6.79. The molecular formula is C21H23Cl2NO4. The zero-order valence-corrected chi connectivity index (χ0v) is 17.3. The van der Waals surface area contributed by atoms with Crippen LogP contribution < -0.4 is 9.47 Å². The summed E-state index contributed by atoms with van der Waals surface area (Å²) in [7, 11) is 3.24. The zero-order chi connectivity index (χ0) is 20.3. The van der Waals surface area contributed by atoms with Crippen LogP contribution in [0.15, 0.2) is 36.4 Å². The Morgan fingerprint density at radius 3 is 2.21 bits per heavy atom. The average Bonchev–Trinajstić information content (AvgIpc) is 2.70.